The lowest BCUT2D eigenvalue weighted by Crippen LogP contribution is -2.56. The predicted octanol–water partition coefficient (Wildman–Crippen LogP) is 1.43. The van der Waals surface area contributed by atoms with Crippen molar-refractivity contribution in [3.8, 4) is 0 Å². The standard InChI is InChI=1S/C10H18N2O2/c1-7-4-5-9(12(13)14)10-8(7)3-2-6-11-10/h7-11H,2-6H2,1H3. The number of fused-ring (bicyclic) bond motifs is 1. The maximum Gasteiger partial charge on any atom is 0.228 e. The maximum atomic E-state index is 10.9. The first-order valence-electron chi connectivity index (χ1n) is 5.57. The summed E-state index contributed by atoms with van der Waals surface area (Å²) in [6.45, 7) is 3.19. The molecular formula is C10H18N2O2. The Kier molecular flexibility index (Phi) is 2.72. The number of nitrogens with zero attached hydrogens (tertiary/aromatic N) is 1. The van der Waals surface area contributed by atoms with Crippen LogP contribution in [0.1, 0.15) is 32.6 Å². The molecule has 2 fully saturated rings. The molecule has 4 unspecified atom stereocenters. The largest absolute Gasteiger partial charge is 0.308 e. The van der Waals surface area contributed by atoms with Gasteiger partial charge in [0.05, 0.1) is 6.04 Å². The second kappa shape index (κ2) is 3.85. The highest BCUT2D eigenvalue weighted by Crippen LogP contribution is 2.36. The highest BCUT2D eigenvalue weighted by Gasteiger charge is 2.44. The van der Waals surface area contributed by atoms with E-state index in [-0.39, 0.29) is 17.0 Å². The number of nitro groups is 1. The summed E-state index contributed by atoms with van der Waals surface area (Å²) in [5.74, 6) is 1.19. The van der Waals surface area contributed by atoms with Gasteiger partial charge in [-0.1, -0.05) is 6.92 Å². The Labute approximate surface area is 84.2 Å². The zero-order valence-corrected chi connectivity index (χ0v) is 8.61. The van der Waals surface area contributed by atoms with Gasteiger partial charge in [0.2, 0.25) is 6.04 Å². The predicted molar refractivity (Wildman–Crippen MR) is 53.7 cm³/mol. The van der Waals surface area contributed by atoms with Crippen LogP contribution in [0.15, 0.2) is 0 Å². The molecule has 1 N–H and O–H groups in total. The van der Waals surface area contributed by atoms with Crippen LogP contribution in [0.4, 0.5) is 0 Å². The Morgan fingerprint density at radius 3 is 2.86 bits per heavy atom. The van der Waals surface area contributed by atoms with Crippen LogP contribution in [0.3, 0.4) is 0 Å². The minimum absolute atomic E-state index is 0.0815. The molecule has 1 aliphatic carbocycles. The summed E-state index contributed by atoms with van der Waals surface area (Å²) in [7, 11) is 0. The molecule has 1 saturated heterocycles. The maximum absolute atomic E-state index is 10.9. The van der Waals surface area contributed by atoms with Gasteiger partial charge in [-0.3, -0.25) is 10.1 Å². The van der Waals surface area contributed by atoms with E-state index in [0.29, 0.717) is 11.8 Å². The summed E-state index contributed by atoms with van der Waals surface area (Å²) in [4.78, 5) is 10.8. The first-order valence-corrected chi connectivity index (χ1v) is 5.57. The summed E-state index contributed by atoms with van der Waals surface area (Å²) < 4.78 is 0. The molecule has 1 aliphatic heterocycles. The van der Waals surface area contributed by atoms with E-state index in [1.54, 1.807) is 0 Å². The van der Waals surface area contributed by atoms with Crippen LogP contribution in [0, 0.1) is 22.0 Å². The Hall–Kier alpha value is -0.640. The monoisotopic (exact) mass is 198 g/mol. The summed E-state index contributed by atoms with van der Waals surface area (Å²) in [6.07, 6.45) is 4.12. The van der Waals surface area contributed by atoms with Crippen molar-refractivity contribution in [2.24, 2.45) is 11.8 Å². The van der Waals surface area contributed by atoms with Crippen molar-refractivity contribution in [1.29, 1.82) is 0 Å². The molecule has 1 heterocycles. The highest BCUT2D eigenvalue weighted by atomic mass is 16.6. The number of rotatable bonds is 1. The van der Waals surface area contributed by atoms with E-state index in [0.717, 1.165) is 19.4 Å². The Morgan fingerprint density at radius 1 is 1.36 bits per heavy atom. The van der Waals surface area contributed by atoms with Crippen molar-refractivity contribution < 1.29 is 4.92 Å². The van der Waals surface area contributed by atoms with Crippen molar-refractivity contribution in [3.63, 3.8) is 0 Å². The minimum atomic E-state index is -0.337. The molecule has 0 amide bonds. The average molecular weight is 198 g/mol. The number of hydrogen-bond donors (Lipinski definition) is 1. The van der Waals surface area contributed by atoms with Crippen molar-refractivity contribution in [3.05, 3.63) is 10.1 Å². The lowest BCUT2D eigenvalue weighted by molar-refractivity contribution is -0.533. The van der Waals surface area contributed by atoms with E-state index in [1.165, 1.54) is 12.8 Å². The third kappa shape index (κ3) is 1.63. The normalized spacial score (nSPS) is 42.9. The average Bonchev–Trinajstić information content (AvgIpc) is 2.18. The van der Waals surface area contributed by atoms with Gasteiger partial charge in [-0.2, -0.15) is 0 Å². The lowest BCUT2D eigenvalue weighted by atomic mass is 9.71. The molecule has 0 aromatic carbocycles. The molecule has 2 rings (SSSR count). The van der Waals surface area contributed by atoms with Gasteiger partial charge in [0.15, 0.2) is 0 Å². The second-order valence-corrected chi connectivity index (χ2v) is 4.69. The Balaban J connectivity index is 2.12. The molecule has 0 aromatic heterocycles. The lowest BCUT2D eigenvalue weighted by Gasteiger charge is -2.41. The fourth-order valence-electron chi connectivity index (χ4n) is 3.06. The van der Waals surface area contributed by atoms with Gasteiger partial charge in [0, 0.05) is 11.3 Å². The smallest absolute Gasteiger partial charge is 0.228 e. The van der Waals surface area contributed by atoms with Crippen LogP contribution in [-0.2, 0) is 0 Å². The highest BCUT2D eigenvalue weighted by molar-refractivity contribution is 4.93. The first-order chi connectivity index (χ1) is 6.70. The van der Waals surface area contributed by atoms with Gasteiger partial charge < -0.3 is 5.32 Å². The molecule has 0 radical (unpaired) electrons. The van der Waals surface area contributed by atoms with Gasteiger partial charge >= 0.3 is 0 Å². The van der Waals surface area contributed by atoms with Crippen LogP contribution in [0.25, 0.3) is 0 Å². The van der Waals surface area contributed by atoms with Gasteiger partial charge in [-0.15, -0.1) is 0 Å². The molecular weight excluding hydrogens is 180 g/mol. The zero-order valence-electron chi connectivity index (χ0n) is 8.61. The Morgan fingerprint density at radius 2 is 2.14 bits per heavy atom. The SMILES string of the molecule is CC1CCC([N+](=O)[O-])C2NCCCC12. The van der Waals surface area contributed by atoms with Crippen LogP contribution >= 0.6 is 0 Å². The van der Waals surface area contributed by atoms with Crippen LogP contribution in [0.2, 0.25) is 0 Å². The number of piperidine rings is 1. The van der Waals surface area contributed by atoms with Gasteiger partial charge in [-0.25, -0.2) is 0 Å². The number of nitrogens with one attached hydrogen (secondary N) is 1. The molecule has 4 atom stereocenters. The van der Waals surface area contributed by atoms with Gasteiger partial charge in [0.25, 0.3) is 0 Å². The van der Waals surface area contributed by atoms with Crippen molar-refractivity contribution in [1.82, 2.24) is 5.32 Å². The molecule has 0 bridgehead atoms. The van der Waals surface area contributed by atoms with Gasteiger partial charge in [-0.05, 0) is 37.6 Å². The second-order valence-electron chi connectivity index (χ2n) is 4.69. The van der Waals surface area contributed by atoms with Gasteiger partial charge in [0.1, 0.15) is 0 Å². The quantitative estimate of drug-likeness (QED) is 0.512. The third-order valence-electron chi connectivity index (χ3n) is 3.89. The van der Waals surface area contributed by atoms with E-state index >= 15 is 0 Å². The first kappa shape index (κ1) is 9.90. The van der Waals surface area contributed by atoms with Crippen LogP contribution < -0.4 is 5.32 Å². The molecule has 14 heavy (non-hydrogen) atoms. The topological polar surface area (TPSA) is 55.2 Å². The summed E-state index contributed by atoms with van der Waals surface area (Å²) in [5, 5.41) is 14.2. The van der Waals surface area contributed by atoms with Crippen LogP contribution in [0.5, 0.6) is 0 Å². The zero-order chi connectivity index (χ0) is 10.1. The van der Waals surface area contributed by atoms with E-state index in [1.807, 2.05) is 0 Å². The molecule has 2 aliphatic rings. The molecule has 80 valence electrons. The van der Waals surface area contributed by atoms with E-state index in [4.69, 9.17) is 0 Å². The molecule has 0 spiro atoms. The molecule has 1 saturated carbocycles. The molecule has 4 heteroatoms. The summed E-state index contributed by atoms with van der Waals surface area (Å²) >= 11 is 0. The summed E-state index contributed by atoms with van der Waals surface area (Å²) in [5.41, 5.74) is 0. The molecule has 4 nitrogen and oxygen atoms in total. The summed E-state index contributed by atoms with van der Waals surface area (Å²) in [6, 6.07) is -0.195. The third-order valence-corrected chi connectivity index (χ3v) is 3.89. The van der Waals surface area contributed by atoms with E-state index in [2.05, 4.69) is 12.2 Å². The van der Waals surface area contributed by atoms with E-state index in [9.17, 15) is 10.1 Å². The fraction of sp³-hybridized carbons (Fsp3) is 1.00. The molecule has 0 aromatic rings. The van der Waals surface area contributed by atoms with Crippen molar-refractivity contribution in [2.75, 3.05) is 6.54 Å². The fourth-order valence-corrected chi connectivity index (χ4v) is 3.06. The van der Waals surface area contributed by atoms with Crippen molar-refractivity contribution >= 4 is 0 Å². The van der Waals surface area contributed by atoms with Crippen molar-refractivity contribution in [2.45, 2.75) is 44.7 Å². The minimum Gasteiger partial charge on any atom is -0.308 e. The van der Waals surface area contributed by atoms with Crippen LogP contribution in [-0.4, -0.2) is 23.6 Å². The number of hydrogen-bond acceptors (Lipinski definition) is 3. The van der Waals surface area contributed by atoms with E-state index < -0.39 is 0 Å². The Bertz CT molecular complexity index is 232.